The third-order valence-electron chi connectivity index (χ3n) is 3.92. The van der Waals surface area contributed by atoms with Crippen LogP contribution in [0.4, 0.5) is 5.95 Å². The summed E-state index contributed by atoms with van der Waals surface area (Å²) in [5.74, 6) is 1.31. The van der Waals surface area contributed by atoms with E-state index in [9.17, 15) is 4.79 Å². The van der Waals surface area contributed by atoms with E-state index >= 15 is 0 Å². The molecule has 0 amide bonds. The zero-order valence-electron chi connectivity index (χ0n) is 16.2. The van der Waals surface area contributed by atoms with E-state index in [2.05, 4.69) is 14.8 Å². The Hall–Kier alpha value is -3.81. The van der Waals surface area contributed by atoms with Crippen molar-refractivity contribution in [1.29, 1.82) is 0 Å². The summed E-state index contributed by atoms with van der Waals surface area (Å²) in [7, 11) is 1.35. The molecule has 1 aromatic heterocycles. The lowest BCUT2D eigenvalue weighted by molar-refractivity contribution is 0.0600. The van der Waals surface area contributed by atoms with E-state index in [4.69, 9.17) is 15.2 Å². The normalized spacial score (nSPS) is 10.8. The van der Waals surface area contributed by atoms with Gasteiger partial charge in [0.15, 0.2) is 0 Å². The number of aryl methyl sites for hydroxylation is 1. The number of imidazole rings is 1. The van der Waals surface area contributed by atoms with E-state index < -0.39 is 0 Å². The predicted molar refractivity (Wildman–Crippen MR) is 110 cm³/mol. The van der Waals surface area contributed by atoms with Crippen molar-refractivity contribution in [3.63, 3.8) is 0 Å². The molecular formula is C21H22N4O4. The average molecular weight is 394 g/mol. The van der Waals surface area contributed by atoms with Gasteiger partial charge in [0.05, 0.1) is 30.8 Å². The molecule has 0 aliphatic heterocycles. The minimum Gasteiger partial charge on any atom is -0.490 e. The Balaban J connectivity index is 1.49. The molecule has 0 saturated heterocycles. The molecule has 8 heteroatoms. The smallest absolute Gasteiger partial charge is 0.337 e. The molecular weight excluding hydrogens is 372 g/mol. The van der Waals surface area contributed by atoms with Crippen LogP contribution >= 0.6 is 0 Å². The van der Waals surface area contributed by atoms with Crippen LogP contribution in [0.15, 0.2) is 59.8 Å². The highest BCUT2D eigenvalue weighted by Gasteiger charge is 2.05. The van der Waals surface area contributed by atoms with Gasteiger partial charge in [-0.1, -0.05) is 12.1 Å². The molecule has 0 radical (unpaired) electrons. The van der Waals surface area contributed by atoms with Gasteiger partial charge in [-0.2, -0.15) is 5.10 Å². The maximum absolute atomic E-state index is 11.4. The summed E-state index contributed by atoms with van der Waals surface area (Å²) >= 11 is 0. The number of hydrogen-bond donors (Lipinski definition) is 1. The van der Waals surface area contributed by atoms with E-state index in [0.29, 0.717) is 36.2 Å². The Kier molecular flexibility index (Phi) is 6.47. The van der Waals surface area contributed by atoms with Crippen LogP contribution in [0.3, 0.4) is 0 Å². The van der Waals surface area contributed by atoms with Crippen LogP contribution in [0.1, 0.15) is 21.6 Å². The van der Waals surface area contributed by atoms with Gasteiger partial charge < -0.3 is 19.9 Å². The van der Waals surface area contributed by atoms with Gasteiger partial charge in [-0.25, -0.2) is 14.5 Å². The molecule has 3 rings (SSSR count). The second-order valence-corrected chi connectivity index (χ2v) is 6.11. The fourth-order valence-electron chi connectivity index (χ4n) is 2.53. The number of methoxy groups -OCH3 is 1. The van der Waals surface area contributed by atoms with Gasteiger partial charge in [0.2, 0.25) is 5.95 Å². The van der Waals surface area contributed by atoms with Crippen molar-refractivity contribution in [3.8, 4) is 11.5 Å². The Morgan fingerprint density at radius 3 is 2.52 bits per heavy atom. The molecule has 0 saturated carbocycles. The first-order chi connectivity index (χ1) is 14.0. The number of carbonyl (C=O) groups excluding carboxylic acids is 1. The van der Waals surface area contributed by atoms with Crippen LogP contribution in [0.2, 0.25) is 0 Å². The molecule has 0 atom stereocenters. The van der Waals surface area contributed by atoms with Gasteiger partial charge in [-0.3, -0.25) is 0 Å². The minimum absolute atomic E-state index is 0.336. The maximum atomic E-state index is 11.4. The summed E-state index contributed by atoms with van der Waals surface area (Å²) in [6.45, 7) is 2.58. The monoisotopic (exact) mass is 394 g/mol. The summed E-state index contributed by atoms with van der Waals surface area (Å²) in [4.78, 5) is 15.5. The molecule has 0 unspecified atom stereocenters. The molecule has 3 aromatic rings. The number of rotatable bonds is 8. The molecule has 2 N–H and O–H groups in total. The predicted octanol–water partition coefficient (Wildman–Crippen LogP) is 2.90. The number of carbonyl (C=O) groups is 1. The minimum atomic E-state index is -0.380. The molecule has 0 aliphatic rings. The maximum Gasteiger partial charge on any atom is 0.337 e. The molecule has 8 nitrogen and oxygen atoms in total. The number of benzene rings is 2. The van der Waals surface area contributed by atoms with Gasteiger partial charge in [-0.05, 0) is 48.9 Å². The number of nitrogens with two attached hydrogens (primary N) is 1. The third kappa shape index (κ3) is 5.58. The first kappa shape index (κ1) is 19.9. The number of ether oxygens (including phenoxy) is 3. The summed E-state index contributed by atoms with van der Waals surface area (Å²) in [6.07, 6.45) is 3.44. The molecule has 2 aromatic carbocycles. The molecule has 0 fully saturated rings. The van der Waals surface area contributed by atoms with E-state index in [1.807, 2.05) is 31.2 Å². The van der Waals surface area contributed by atoms with Crippen molar-refractivity contribution in [1.82, 2.24) is 9.66 Å². The van der Waals surface area contributed by atoms with Crippen molar-refractivity contribution in [2.24, 2.45) is 5.10 Å². The van der Waals surface area contributed by atoms with Gasteiger partial charge in [0.1, 0.15) is 24.7 Å². The molecule has 0 spiro atoms. The van der Waals surface area contributed by atoms with Crippen LogP contribution < -0.4 is 15.2 Å². The fraction of sp³-hybridized carbons (Fsp3) is 0.190. The summed E-state index contributed by atoms with van der Waals surface area (Å²) in [6, 6.07) is 14.3. The van der Waals surface area contributed by atoms with Crippen LogP contribution in [0.5, 0.6) is 11.5 Å². The number of hydrogen-bond acceptors (Lipinski definition) is 7. The van der Waals surface area contributed by atoms with Gasteiger partial charge in [0.25, 0.3) is 0 Å². The quantitative estimate of drug-likeness (QED) is 0.358. The third-order valence-corrected chi connectivity index (χ3v) is 3.92. The van der Waals surface area contributed by atoms with Crippen LogP contribution in [0, 0.1) is 6.92 Å². The molecule has 29 heavy (non-hydrogen) atoms. The van der Waals surface area contributed by atoms with Gasteiger partial charge >= 0.3 is 5.97 Å². The summed E-state index contributed by atoms with van der Waals surface area (Å²) < 4.78 is 17.5. The number of nitrogen functional groups attached to an aromatic ring is 1. The SMILES string of the molecule is COC(=O)c1ccc(OCCOc2cccc(C=Nn3cc(C)nc3N)c2)cc1. The second kappa shape index (κ2) is 9.41. The van der Waals surface area contributed by atoms with Crippen molar-refractivity contribution in [2.45, 2.75) is 6.92 Å². The van der Waals surface area contributed by atoms with E-state index in [1.165, 1.54) is 11.8 Å². The largest absolute Gasteiger partial charge is 0.490 e. The van der Waals surface area contributed by atoms with Crippen molar-refractivity contribution >= 4 is 18.1 Å². The highest BCUT2D eigenvalue weighted by Crippen LogP contribution is 2.15. The van der Waals surface area contributed by atoms with Gasteiger partial charge in [0, 0.05) is 0 Å². The second-order valence-electron chi connectivity index (χ2n) is 6.11. The fourth-order valence-corrected chi connectivity index (χ4v) is 2.53. The Morgan fingerprint density at radius 1 is 1.14 bits per heavy atom. The van der Waals surface area contributed by atoms with E-state index in [1.54, 1.807) is 36.7 Å². The lowest BCUT2D eigenvalue weighted by atomic mass is 10.2. The molecule has 0 bridgehead atoms. The van der Waals surface area contributed by atoms with E-state index in [0.717, 1.165) is 11.3 Å². The van der Waals surface area contributed by atoms with Crippen LogP contribution in [0.25, 0.3) is 0 Å². The molecule has 150 valence electrons. The lowest BCUT2D eigenvalue weighted by Gasteiger charge is -2.09. The number of nitrogens with zero attached hydrogens (tertiary/aromatic N) is 3. The summed E-state index contributed by atoms with van der Waals surface area (Å²) in [5.41, 5.74) is 7.92. The Morgan fingerprint density at radius 2 is 1.86 bits per heavy atom. The highest BCUT2D eigenvalue weighted by atomic mass is 16.5. The number of aromatic nitrogens is 2. The lowest BCUT2D eigenvalue weighted by Crippen LogP contribution is -2.09. The first-order valence-electron chi connectivity index (χ1n) is 8.95. The zero-order chi connectivity index (χ0) is 20.6. The summed E-state index contributed by atoms with van der Waals surface area (Å²) in [5, 5.41) is 4.29. The Labute approximate surface area is 168 Å². The molecule has 1 heterocycles. The van der Waals surface area contributed by atoms with Gasteiger partial charge in [-0.15, -0.1) is 0 Å². The zero-order valence-corrected chi connectivity index (χ0v) is 16.2. The highest BCUT2D eigenvalue weighted by molar-refractivity contribution is 5.89. The average Bonchev–Trinajstić information content (AvgIpc) is 3.07. The number of anilines is 1. The van der Waals surface area contributed by atoms with Crippen molar-refractivity contribution in [2.75, 3.05) is 26.1 Å². The van der Waals surface area contributed by atoms with Crippen LogP contribution in [-0.4, -0.2) is 42.2 Å². The van der Waals surface area contributed by atoms with Crippen molar-refractivity contribution < 1.29 is 19.0 Å². The standard InChI is InChI=1S/C21H22N4O4/c1-15-14-25(21(22)24-15)23-13-16-4-3-5-19(12-16)29-11-10-28-18-8-6-17(7-9-18)20(26)27-2/h3-9,12-14H,10-11H2,1-2H3,(H2,22,24). The van der Waals surface area contributed by atoms with E-state index in [-0.39, 0.29) is 5.97 Å². The van der Waals surface area contributed by atoms with Crippen LogP contribution in [-0.2, 0) is 4.74 Å². The van der Waals surface area contributed by atoms with Crippen molar-refractivity contribution in [3.05, 3.63) is 71.5 Å². The molecule has 0 aliphatic carbocycles. The Bertz CT molecular complexity index is 996. The number of esters is 1. The first-order valence-corrected chi connectivity index (χ1v) is 8.95. The topological polar surface area (TPSA) is 101 Å².